The normalized spacial score (nSPS) is 12.8. The van der Waals surface area contributed by atoms with Gasteiger partial charge in [0.2, 0.25) is 0 Å². The molecule has 1 atom stereocenters. The summed E-state index contributed by atoms with van der Waals surface area (Å²) in [4.78, 5) is 25.3. The largest absolute Gasteiger partial charge is 0.462 e. The lowest BCUT2D eigenvalue weighted by Gasteiger charge is -2.18. The van der Waals surface area contributed by atoms with Crippen molar-refractivity contribution in [1.82, 2.24) is 0 Å². The minimum Gasteiger partial charge on any atom is -0.462 e. The Balaban J connectivity index is 4.37. The summed E-state index contributed by atoms with van der Waals surface area (Å²) in [6.45, 7) is 7.60. The van der Waals surface area contributed by atoms with Gasteiger partial charge in [-0.15, -0.1) is 0 Å². The van der Waals surface area contributed by atoms with Crippen molar-refractivity contribution < 1.29 is 23.8 Å². The Bertz CT molecular complexity index is 1050. The summed E-state index contributed by atoms with van der Waals surface area (Å²) in [5.74, 6) is -0.504. The predicted octanol–water partition coefficient (Wildman–Crippen LogP) is 16.3. The molecule has 0 saturated carbocycles. The van der Waals surface area contributed by atoms with Crippen LogP contribution in [-0.2, 0) is 23.8 Å². The van der Waals surface area contributed by atoms with Crippen LogP contribution in [-0.4, -0.2) is 37.9 Å². The highest BCUT2D eigenvalue weighted by molar-refractivity contribution is 5.70. The van der Waals surface area contributed by atoms with Crippen LogP contribution in [0.5, 0.6) is 0 Å². The lowest BCUT2D eigenvalue weighted by molar-refractivity contribution is -0.162. The molecule has 0 aliphatic rings. The first-order valence-electron chi connectivity index (χ1n) is 24.5. The Labute approximate surface area is 359 Å². The summed E-state index contributed by atoms with van der Waals surface area (Å²) < 4.78 is 17.3. The number of carbonyl (C=O) groups excluding carboxylic acids is 2. The number of esters is 2. The molecule has 0 aromatic rings. The van der Waals surface area contributed by atoms with E-state index in [0.29, 0.717) is 25.9 Å². The summed E-state index contributed by atoms with van der Waals surface area (Å²) in [6.07, 6.45) is 62.0. The molecule has 0 amide bonds. The van der Waals surface area contributed by atoms with E-state index in [4.69, 9.17) is 14.2 Å². The number of rotatable bonds is 44. The summed E-state index contributed by atoms with van der Waals surface area (Å²) in [7, 11) is 0. The molecule has 0 rings (SSSR count). The molecular formula is C53H92O5. The molecule has 5 nitrogen and oxygen atoms in total. The van der Waals surface area contributed by atoms with Crippen molar-refractivity contribution in [2.75, 3.05) is 19.8 Å². The standard InChI is InChI=1S/C53H92O5/c1-4-7-10-13-16-19-22-25-26-27-30-33-36-39-42-45-48-56-49-51(58-53(55)47-44-41-38-35-32-29-24-21-18-15-12-9-6-3)50-57-52(54)46-43-40-37-34-31-28-23-20-17-14-11-8-5-2/h8,11,17,20-21,24-26,28,31,37,40,51H,4-7,9-10,12-16,18-19,22-23,27,29-30,32-36,38-39,41-50H2,1-3H3/b11-8-,20-17-,24-21-,26-25-,31-28-,40-37-. The molecule has 0 radical (unpaired) electrons. The van der Waals surface area contributed by atoms with Gasteiger partial charge in [-0.05, 0) is 96.3 Å². The molecule has 0 aromatic heterocycles. The highest BCUT2D eigenvalue weighted by Gasteiger charge is 2.17. The number of hydrogen-bond acceptors (Lipinski definition) is 5. The van der Waals surface area contributed by atoms with E-state index in [2.05, 4.69) is 87.6 Å². The average molecular weight is 809 g/mol. The second kappa shape index (κ2) is 48.7. The van der Waals surface area contributed by atoms with Crippen LogP contribution in [0.2, 0.25) is 0 Å². The van der Waals surface area contributed by atoms with Crippen molar-refractivity contribution in [2.45, 2.75) is 232 Å². The van der Waals surface area contributed by atoms with Gasteiger partial charge < -0.3 is 14.2 Å². The van der Waals surface area contributed by atoms with Gasteiger partial charge in [-0.2, -0.15) is 0 Å². The molecule has 1 unspecified atom stereocenters. The molecule has 58 heavy (non-hydrogen) atoms. The van der Waals surface area contributed by atoms with Gasteiger partial charge in [0.05, 0.1) is 6.61 Å². The zero-order chi connectivity index (χ0) is 42.1. The summed E-state index contributed by atoms with van der Waals surface area (Å²) in [6, 6.07) is 0. The van der Waals surface area contributed by atoms with Crippen molar-refractivity contribution >= 4 is 11.9 Å². The number of allylic oxidation sites excluding steroid dienone is 12. The Kier molecular flexibility index (Phi) is 46.5. The van der Waals surface area contributed by atoms with Crippen LogP contribution in [0.4, 0.5) is 0 Å². The monoisotopic (exact) mass is 809 g/mol. The molecule has 0 aliphatic heterocycles. The average Bonchev–Trinajstić information content (AvgIpc) is 3.22. The highest BCUT2D eigenvalue weighted by atomic mass is 16.6. The van der Waals surface area contributed by atoms with Gasteiger partial charge in [0, 0.05) is 19.4 Å². The van der Waals surface area contributed by atoms with Crippen molar-refractivity contribution in [2.24, 2.45) is 0 Å². The summed E-state index contributed by atoms with van der Waals surface area (Å²) in [5.41, 5.74) is 0. The van der Waals surface area contributed by atoms with Crippen molar-refractivity contribution in [3.63, 3.8) is 0 Å². The Morgan fingerprint density at radius 3 is 1.33 bits per heavy atom. The van der Waals surface area contributed by atoms with Gasteiger partial charge in [0.1, 0.15) is 6.61 Å². The molecule has 0 aliphatic carbocycles. The SMILES string of the molecule is CC/C=C\C/C=C\C/C=C\C/C=C\CCC(=O)OCC(COCCCCCCCC/C=C\CCCCCCCC)OC(=O)CCCCCCC/C=C\CCCCCC. The highest BCUT2D eigenvalue weighted by Crippen LogP contribution is 2.13. The molecule has 334 valence electrons. The quantitative estimate of drug-likeness (QED) is 0.0348. The Morgan fingerprint density at radius 1 is 0.397 bits per heavy atom. The van der Waals surface area contributed by atoms with Crippen LogP contribution >= 0.6 is 0 Å². The first kappa shape index (κ1) is 55.3. The third kappa shape index (κ3) is 46.0. The van der Waals surface area contributed by atoms with Gasteiger partial charge in [0.15, 0.2) is 6.10 Å². The number of hydrogen-bond donors (Lipinski definition) is 0. The third-order valence-electron chi connectivity index (χ3n) is 10.2. The van der Waals surface area contributed by atoms with E-state index in [1.807, 2.05) is 6.08 Å². The van der Waals surface area contributed by atoms with Crippen LogP contribution in [0.3, 0.4) is 0 Å². The molecule has 0 spiro atoms. The molecule has 0 fully saturated rings. The van der Waals surface area contributed by atoms with Crippen LogP contribution in [0.25, 0.3) is 0 Å². The van der Waals surface area contributed by atoms with Crippen molar-refractivity contribution in [3.05, 3.63) is 72.9 Å². The lowest BCUT2D eigenvalue weighted by atomic mass is 10.1. The number of ether oxygens (including phenoxy) is 3. The van der Waals surface area contributed by atoms with Crippen LogP contribution in [0.15, 0.2) is 72.9 Å². The molecule has 0 saturated heterocycles. The maximum absolute atomic E-state index is 12.7. The summed E-state index contributed by atoms with van der Waals surface area (Å²) >= 11 is 0. The predicted molar refractivity (Wildman–Crippen MR) is 251 cm³/mol. The van der Waals surface area contributed by atoms with E-state index in [9.17, 15) is 9.59 Å². The molecular weight excluding hydrogens is 717 g/mol. The molecule has 0 N–H and O–H groups in total. The second-order valence-corrected chi connectivity index (χ2v) is 16.0. The minimum absolute atomic E-state index is 0.0400. The molecule has 0 bridgehead atoms. The fourth-order valence-electron chi connectivity index (χ4n) is 6.57. The number of unbranched alkanes of at least 4 members (excludes halogenated alkanes) is 21. The minimum atomic E-state index is -0.572. The molecule has 5 heteroatoms. The fraction of sp³-hybridized carbons (Fsp3) is 0.736. The fourth-order valence-corrected chi connectivity index (χ4v) is 6.57. The van der Waals surface area contributed by atoms with Crippen molar-refractivity contribution in [3.8, 4) is 0 Å². The van der Waals surface area contributed by atoms with E-state index in [-0.39, 0.29) is 25.2 Å². The Morgan fingerprint density at radius 2 is 0.810 bits per heavy atom. The van der Waals surface area contributed by atoms with Gasteiger partial charge in [-0.25, -0.2) is 0 Å². The van der Waals surface area contributed by atoms with Crippen LogP contribution < -0.4 is 0 Å². The maximum Gasteiger partial charge on any atom is 0.306 e. The van der Waals surface area contributed by atoms with E-state index in [0.717, 1.165) is 64.2 Å². The van der Waals surface area contributed by atoms with E-state index in [1.165, 1.54) is 122 Å². The van der Waals surface area contributed by atoms with Gasteiger partial charge in [-0.1, -0.05) is 190 Å². The van der Waals surface area contributed by atoms with E-state index in [1.54, 1.807) is 0 Å². The lowest BCUT2D eigenvalue weighted by Crippen LogP contribution is -2.30. The second-order valence-electron chi connectivity index (χ2n) is 16.0. The number of carbonyl (C=O) groups is 2. The van der Waals surface area contributed by atoms with E-state index < -0.39 is 6.10 Å². The van der Waals surface area contributed by atoms with Gasteiger partial charge >= 0.3 is 11.9 Å². The first-order chi connectivity index (χ1) is 28.6. The van der Waals surface area contributed by atoms with Gasteiger partial charge in [-0.3, -0.25) is 9.59 Å². The summed E-state index contributed by atoms with van der Waals surface area (Å²) in [5, 5.41) is 0. The van der Waals surface area contributed by atoms with Crippen LogP contribution in [0, 0.1) is 0 Å². The smallest absolute Gasteiger partial charge is 0.306 e. The van der Waals surface area contributed by atoms with Crippen LogP contribution in [0.1, 0.15) is 226 Å². The van der Waals surface area contributed by atoms with Gasteiger partial charge in [0.25, 0.3) is 0 Å². The zero-order valence-electron chi connectivity index (χ0n) is 38.3. The van der Waals surface area contributed by atoms with Crippen molar-refractivity contribution in [1.29, 1.82) is 0 Å². The Hall–Kier alpha value is -2.66. The zero-order valence-corrected chi connectivity index (χ0v) is 38.3. The molecule has 0 heterocycles. The third-order valence-corrected chi connectivity index (χ3v) is 10.2. The topological polar surface area (TPSA) is 61.8 Å². The molecule has 0 aromatic carbocycles. The van der Waals surface area contributed by atoms with E-state index >= 15 is 0 Å². The maximum atomic E-state index is 12.7. The first-order valence-corrected chi connectivity index (χ1v) is 24.5.